The summed E-state index contributed by atoms with van der Waals surface area (Å²) in [5.41, 5.74) is 0.807. The first kappa shape index (κ1) is 28.5. The van der Waals surface area contributed by atoms with Crippen LogP contribution in [0.15, 0.2) is 42.5 Å². The summed E-state index contributed by atoms with van der Waals surface area (Å²) in [6.07, 6.45) is -2.27. The van der Waals surface area contributed by atoms with Crippen LogP contribution in [0.4, 0.5) is 18.9 Å². The van der Waals surface area contributed by atoms with Crippen LogP contribution in [-0.2, 0) is 6.18 Å². The Morgan fingerprint density at radius 3 is 2.30 bits per heavy atom. The summed E-state index contributed by atoms with van der Waals surface area (Å²) in [6, 6.07) is 9.90. The van der Waals surface area contributed by atoms with Crippen molar-refractivity contribution in [3.05, 3.63) is 58.6 Å². The lowest BCUT2D eigenvalue weighted by Crippen LogP contribution is -2.30. The Kier molecular flexibility index (Phi) is 9.93. The zero-order valence-electron chi connectivity index (χ0n) is 21.4. The molecule has 0 aliphatic carbocycles. The molecule has 2 aromatic carbocycles. The van der Waals surface area contributed by atoms with Gasteiger partial charge in [-0.3, -0.25) is 9.69 Å². The van der Waals surface area contributed by atoms with Gasteiger partial charge in [-0.1, -0.05) is 26.0 Å². The highest BCUT2D eigenvalue weighted by Gasteiger charge is 2.30. The van der Waals surface area contributed by atoms with Crippen LogP contribution < -0.4 is 14.8 Å². The van der Waals surface area contributed by atoms with Crippen LogP contribution in [-0.4, -0.2) is 49.1 Å². The number of aromatic nitrogens is 1. The van der Waals surface area contributed by atoms with E-state index in [4.69, 9.17) is 9.47 Å². The van der Waals surface area contributed by atoms with Gasteiger partial charge in [-0.05, 0) is 57.1 Å². The summed E-state index contributed by atoms with van der Waals surface area (Å²) in [6.45, 7) is 9.28. The van der Waals surface area contributed by atoms with Crippen molar-refractivity contribution in [1.29, 1.82) is 0 Å². The van der Waals surface area contributed by atoms with Crippen molar-refractivity contribution in [2.75, 3.05) is 38.7 Å². The van der Waals surface area contributed by atoms with Gasteiger partial charge in [-0.15, -0.1) is 11.3 Å². The molecule has 1 aromatic heterocycles. The lowest BCUT2D eigenvalue weighted by molar-refractivity contribution is -0.137. The molecule has 0 unspecified atom stereocenters. The summed E-state index contributed by atoms with van der Waals surface area (Å²) >= 11 is 1.13. The molecule has 0 radical (unpaired) electrons. The SMILES string of the molecule is CCCN(CCC)CCOc1cc(NC(=O)c2sc(-c3ccc(C(F)(F)F)cc3)nc2C)ccc1OC. The Bertz CT molecular complexity index is 1170. The maximum Gasteiger partial charge on any atom is 0.416 e. The fraction of sp³-hybridized carbons (Fsp3) is 0.407. The van der Waals surface area contributed by atoms with Crippen molar-refractivity contribution in [1.82, 2.24) is 9.88 Å². The van der Waals surface area contributed by atoms with E-state index < -0.39 is 11.7 Å². The number of alkyl halides is 3. The molecule has 37 heavy (non-hydrogen) atoms. The molecule has 1 heterocycles. The first-order valence-electron chi connectivity index (χ1n) is 12.2. The Morgan fingerprint density at radius 1 is 1.03 bits per heavy atom. The average Bonchev–Trinajstić information content (AvgIpc) is 3.26. The molecule has 0 spiro atoms. The standard InChI is InChI=1S/C27H32F3N3O3S/c1-5-13-33(14-6-2)15-16-36-23-17-21(11-12-22(23)35-4)32-25(34)24-18(3)31-26(37-24)19-7-9-20(10-8-19)27(28,29)30/h7-12,17H,5-6,13-16H2,1-4H3,(H,32,34). The number of rotatable bonds is 12. The number of carbonyl (C=O) groups is 1. The van der Waals surface area contributed by atoms with E-state index in [1.807, 2.05) is 0 Å². The molecule has 0 aliphatic heterocycles. The van der Waals surface area contributed by atoms with E-state index in [2.05, 4.69) is 29.0 Å². The highest BCUT2D eigenvalue weighted by molar-refractivity contribution is 7.17. The van der Waals surface area contributed by atoms with Crippen LogP contribution in [0.25, 0.3) is 10.6 Å². The fourth-order valence-corrected chi connectivity index (χ4v) is 4.81. The van der Waals surface area contributed by atoms with E-state index in [9.17, 15) is 18.0 Å². The molecule has 0 fully saturated rings. The number of amides is 1. The van der Waals surface area contributed by atoms with E-state index in [1.165, 1.54) is 12.1 Å². The van der Waals surface area contributed by atoms with Crippen LogP contribution in [0, 0.1) is 6.92 Å². The Hall–Kier alpha value is -3.11. The Labute approximate surface area is 219 Å². The van der Waals surface area contributed by atoms with E-state index in [0.717, 1.165) is 55.9 Å². The number of hydrogen-bond donors (Lipinski definition) is 1. The maximum atomic E-state index is 13.0. The first-order valence-corrected chi connectivity index (χ1v) is 13.0. The number of nitrogens with one attached hydrogen (secondary N) is 1. The van der Waals surface area contributed by atoms with Crippen LogP contribution >= 0.6 is 11.3 Å². The number of halogens is 3. The lowest BCUT2D eigenvalue weighted by atomic mass is 10.1. The van der Waals surface area contributed by atoms with Crippen LogP contribution in [0.2, 0.25) is 0 Å². The Morgan fingerprint density at radius 2 is 1.70 bits per heavy atom. The van der Waals surface area contributed by atoms with Gasteiger partial charge in [-0.25, -0.2) is 4.98 Å². The molecule has 1 amide bonds. The van der Waals surface area contributed by atoms with Crippen LogP contribution in [0.5, 0.6) is 11.5 Å². The summed E-state index contributed by atoms with van der Waals surface area (Å²) in [4.78, 5) is 20.1. The van der Waals surface area contributed by atoms with E-state index in [0.29, 0.717) is 44.9 Å². The lowest BCUT2D eigenvalue weighted by Gasteiger charge is -2.21. The van der Waals surface area contributed by atoms with Gasteiger partial charge in [0, 0.05) is 23.9 Å². The normalized spacial score (nSPS) is 11.6. The van der Waals surface area contributed by atoms with Crippen molar-refractivity contribution in [2.45, 2.75) is 39.8 Å². The summed E-state index contributed by atoms with van der Waals surface area (Å²) in [7, 11) is 1.56. The predicted octanol–water partition coefficient (Wildman–Crippen LogP) is 6.90. The molecule has 6 nitrogen and oxygen atoms in total. The van der Waals surface area contributed by atoms with Gasteiger partial charge in [0.25, 0.3) is 5.91 Å². The second kappa shape index (κ2) is 12.9. The zero-order valence-corrected chi connectivity index (χ0v) is 22.3. The van der Waals surface area contributed by atoms with Gasteiger partial charge in [0.15, 0.2) is 11.5 Å². The third-order valence-corrected chi connectivity index (χ3v) is 6.83. The third kappa shape index (κ3) is 7.69. The number of aryl methyl sites for hydroxylation is 1. The van der Waals surface area contributed by atoms with Crippen molar-refractivity contribution < 1.29 is 27.4 Å². The van der Waals surface area contributed by atoms with Crippen molar-refractivity contribution in [3.63, 3.8) is 0 Å². The van der Waals surface area contributed by atoms with Gasteiger partial charge >= 0.3 is 6.18 Å². The number of methoxy groups -OCH3 is 1. The van der Waals surface area contributed by atoms with Gasteiger partial charge in [0.05, 0.1) is 18.4 Å². The van der Waals surface area contributed by atoms with Crippen molar-refractivity contribution in [3.8, 4) is 22.1 Å². The third-order valence-electron chi connectivity index (χ3n) is 5.63. The summed E-state index contributed by atoms with van der Waals surface area (Å²) < 4.78 is 50.0. The van der Waals surface area contributed by atoms with E-state index in [1.54, 1.807) is 32.2 Å². The summed E-state index contributed by atoms with van der Waals surface area (Å²) in [5.74, 6) is 0.732. The van der Waals surface area contributed by atoms with E-state index in [-0.39, 0.29) is 5.91 Å². The van der Waals surface area contributed by atoms with Gasteiger partial charge in [-0.2, -0.15) is 13.2 Å². The van der Waals surface area contributed by atoms with Gasteiger partial charge in [0.2, 0.25) is 0 Å². The van der Waals surface area contributed by atoms with Crippen LogP contribution in [0.1, 0.15) is 47.6 Å². The summed E-state index contributed by atoms with van der Waals surface area (Å²) in [5, 5.41) is 3.33. The number of benzene rings is 2. The Balaban J connectivity index is 1.70. The van der Waals surface area contributed by atoms with Gasteiger partial charge in [0.1, 0.15) is 16.5 Å². The number of hydrogen-bond acceptors (Lipinski definition) is 6. The maximum absolute atomic E-state index is 13.0. The second-order valence-corrected chi connectivity index (χ2v) is 9.52. The molecule has 3 rings (SSSR count). The molecule has 0 saturated heterocycles. The number of carbonyl (C=O) groups excluding carboxylic acids is 1. The predicted molar refractivity (Wildman–Crippen MR) is 141 cm³/mol. The average molecular weight is 536 g/mol. The second-order valence-electron chi connectivity index (χ2n) is 8.52. The first-order chi connectivity index (χ1) is 17.7. The fourth-order valence-electron chi connectivity index (χ4n) is 3.84. The zero-order chi connectivity index (χ0) is 27.0. The van der Waals surface area contributed by atoms with Gasteiger partial charge < -0.3 is 14.8 Å². The molecule has 10 heteroatoms. The minimum absolute atomic E-state index is 0.360. The largest absolute Gasteiger partial charge is 0.493 e. The highest BCUT2D eigenvalue weighted by atomic mass is 32.1. The van der Waals surface area contributed by atoms with Crippen molar-refractivity contribution >= 4 is 22.9 Å². The van der Waals surface area contributed by atoms with Crippen molar-refractivity contribution in [2.24, 2.45) is 0 Å². The van der Waals surface area contributed by atoms with E-state index >= 15 is 0 Å². The number of thiazole rings is 1. The molecule has 0 saturated carbocycles. The molecule has 0 bridgehead atoms. The highest BCUT2D eigenvalue weighted by Crippen LogP contribution is 2.34. The molecule has 200 valence electrons. The monoisotopic (exact) mass is 535 g/mol. The molecule has 3 aromatic rings. The minimum Gasteiger partial charge on any atom is -0.493 e. The molecule has 1 N–H and O–H groups in total. The molecule has 0 atom stereocenters. The molecular formula is C27H32F3N3O3S. The quantitative estimate of drug-likeness (QED) is 0.273. The minimum atomic E-state index is -4.41. The van der Waals surface area contributed by atoms with Crippen LogP contribution in [0.3, 0.4) is 0 Å². The number of nitrogens with zero attached hydrogens (tertiary/aromatic N) is 2. The molecule has 0 aliphatic rings. The number of anilines is 1. The topological polar surface area (TPSA) is 63.7 Å². The molecular weight excluding hydrogens is 503 g/mol. The number of ether oxygens (including phenoxy) is 2. The smallest absolute Gasteiger partial charge is 0.416 e.